The van der Waals surface area contributed by atoms with Gasteiger partial charge in [0.1, 0.15) is 5.82 Å². The number of urea groups is 1. The summed E-state index contributed by atoms with van der Waals surface area (Å²) in [5.41, 5.74) is 6.84. The highest BCUT2D eigenvalue weighted by Gasteiger charge is 2.51. The van der Waals surface area contributed by atoms with Crippen LogP contribution in [0.2, 0.25) is 0 Å². The molecule has 1 unspecified atom stereocenters. The summed E-state index contributed by atoms with van der Waals surface area (Å²) in [4.78, 5) is 50.9. The van der Waals surface area contributed by atoms with E-state index < -0.39 is 11.3 Å². The van der Waals surface area contributed by atoms with E-state index in [4.69, 9.17) is 5.73 Å². The molecule has 2 fully saturated rings. The van der Waals surface area contributed by atoms with Crippen LogP contribution >= 0.6 is 0 Å². The van der Waals surface area contributed by atoms with E-state index in [9.17, 15) is 14.4 Å². The maximum Gasteiger partial charge on any atom is 0.317 e. The first-order valence-corrected chi connectivity index (χ1v) is 12.1. The number of anilines is 3. The van der Waals surface area contributed by atoms with E-state index in [2.05, 4.69) is 20.6 Å². The Balaban J connectivity index is 1.52. The smallest absolute Gasteiger partial charge is 0.317 e. The molecule has 1 saturated heterocycles. The van der Waals surface area contributed by atoms with Gasteiger partial charge in [-0.3, -0.25) is 9.59 Å². The fourth-order valence-electron chi connectivity index (χ4n) is 4.59. The van der Waals surface area contributed by atoms with Crippen molar-refractivity contribution in [3.8, 4) is 0 Å². The number of nitrogens with one attached hydrogen (secondary N) is 2. The third-order valence-electron chi connectivity index (χ3n) is 6.74. The molecule has 2 aliphatic rings. The fraction of sp³-hybridized carbons (Fsp3) is 0.480. The van der Waals surface area contributed by atoms with Crippen molar-refractivity contribution >= 4 is 35.2 Å². The number of carbonyl (C=O) groups is 3. The van der Waals surface area contributed by atoms with Gasteiger partial charge in [-0.2, -0.15) is 0 Å². The van der Waals surface area contributed by atoms with E-state index in [-0.39, 0.29) is 29.5 Å². The zero-order chi connectivity index (χ0) is 26.0. The lowest BCUT2D eigenvalue weighted by Crippen LogP contribution is -2.50. The van der Waals surface area contributed by atoms with E-state index >= 15 is 0 Å². The summed E-state index contributed by atoms with van der Waals surface area (Å²) in [5, 5.41) is 6.19. The van der Waals surface area contributed by atoms with Gasteiger partial charge in [-0.1, -0.05) is 12.1 Å². The van der Waals surface area contributed by atoms with Crippen molar-refractivity contribution in [3.05, 3.63) is 41.7 Å². The Hall–Kier alpha value is -3.89. The van der Waals surface area contributed by atoms with Crippen LogP contribution in [0.15, 0.2) is 30.5 Å². The van der Waals surface area contributed by atoms with Crippen LogP contribution in [0.1, 0.15) is 41.7 Å². The average molecular weight is 495 g/mol. The number of nitrogens with zero attached hydrogens (tertiary/aromatic N) is 5. The topological polar surface area (TPSA) is 137 Å². The molecule has 11 nitrogen and oxygen atoms in total. The number of hydrogen-bond donors (Lipinski definition) is 3. The molecule has 1 atom stereocenters. The maximum absolute atomic E-state index is 12.6. The molecule has 1 aliphatic carbocycles. The first kappa shape index (κ1) is 25.2. The number of piperidine rings is 1. The van der Waals surface area contributed by atoms with Crippen LogP contribution in [-0.4, -0.2) is 84.9 Å². The van der Waals surface area contributed by atoms with Gasteiger partial charge in [0.15, 0.2) is 11.5 Å². The predicted molar refractivity (Wildman–Crippen MR) is 137 cm³/mol. The van der Waals surface area contributed by atoms with Gasteiger partial charge in [0, 0.05) is 53.0 Å². The summed E-state index contributed by atoms with van der Waals surface area (Å²) in [6, 6.07) is 7.44. The van der Waals surface area contributed by atoms with Gasteiger partial charge in [-0.25, -0.2) is 14.8 Å². The Bertz CT molecular complexity index is 1140. The molecule has 0 spiro atoms. The third-order valence-corrected chi connectivity index (χ3v) is 6.74. The van der Waals surface area contributed by atoms with Crippen molar-refractivity contribution in [1.29, 1.82) is 0 Å². The van der Waals surface area contributed by atoms with Crippen LogP contribution < -0.4 is 21.3 Å². The first-order chi connectivity index (χ1) is 17.1. The highest BCUT2D eigenvalue weighted by molar-refractivity contribution is 5.96. The highest BCUT2D eigenvalue weighted by Crippen LogP contribution is 2.49. The molecule has 2 aromatic rings. The SMILES string of the molecule is CN(C)C(=O)NC1CCCN(c2cnc(C(N)=O)c(Nc3ccc(C4(C(=O)N(C)C)CC4)cc3)n2)C1. The lowest BCUT2D eigenvalue weighted by Gasteiger charge is -2.34. The zero-order valence-corrected chi connectivity index (χ0v) is 21.2. The van der Waals surface area contributed by atoms with E-state index in [0.717, 1.165) is 37.8 Å². The molecule has 1 aromatic heterocycles. The molecule has 192 valence electrons. The molecule has 36 heavy (non-hydrogen) atoms. The predicted octanol–water partition coefficient (Wildman–Crippen LogP) is 1.68. The number of primary amides is 1. The number of amides is 4. The molecule has 1 aliphatic heterocycles. The molecule has 4 N–H and O–H groups in total. The van der Waals surface area contributed by atoms with Crippen LogP contribution in [0.3, 0.4) is 0 Å². The third kappa shape index (κ3) is 5.19. The largest absolute Gasteiger partial charge is 0.364 e. The van der Waals surface area contributed by atoms with Gasteiger partial charge >= 0.3 is 6.03 Å². The quantitative estimate of drug-likeness (QED) is 0.533. The number of rotatable bonds is 7. The number of aromatic nitrogens is 2. The molecule has 4 rings (SSSR count). The number of benzene rings is 1. The number of nitrogens with two attached hydrogens (primary N) is 1. The summed E-state index contributed by atoms with van der Waals surface area (Å²) >= 11 is 0. The summed E-state index contributed by atoms with van der Waals surface area (Å²) in [6.45, 7) is 1.34. The lowest BCUT2D eigenvalue weighted by molar-refractivity contribution is -0.131. The Morgan fingerprint density at radius 1 is 1.08 bits per heavy atom. The maximum atomic E-state index is 12.6. The van der Waals surface area contributed by atoms with Gasteiger partial charge in [-0.15, -0.1) is 0 Å². The lowest BCUT2D eigenvalue weighted by atomic mass is 9.94. The second-order valence-corrected chi connectivity index (χ2v) is 9.90. The van der Waals surface area contributed by atoms with Crippen molar-refractivity contribution in [2.45, 2.75) is 37.1 Å². The van der Waals surface area contributed by atoms with Crippen molar-refractivity contribution < 1.29 is 14.4 Å². The van der Waals surface area contributed by atoms with E-state index in [1.165, 1.54) is 11.1 Å². The van der Waals surface area contributed by atoms with Gasteiger partial charge in [0.2, 0.25) is 5.91 Å². The van der Waals surface area contributed by atoms with Crippen LogP contribution in [0.5, 0.6) is 0 Å². The van der Waals surface area contributed by atoms with Gasteiger partial charge in [-0.05, 0) is 43.4 Å². The highest BCUT2D eigenvalue weighted by atomic mass is 16.2. The van der Waals surface area contributed by atoms with Crippen LogP contribution in [0, 0.1) is 0 Å². The molecule has 0 bridgehead atoms. The summed E-state index contributed by atoms with van der Waals surface area (Å²) in [6.07, 6.45) is 4.96. The minimum atomic E-state index is -0.684. The summed E-state index contributed by atoms with van der Waals surface area (Å²) in [7, 11) is 6.96. The molecule has 2 heterocycles. The first-order valence-electron chi connectivity index (χ1n) is 12.1. The Kier molecular flexibility index (Phi) is 7.00. The average Bonchev–Trinajstić information content (AvgIpc) is 3.66. The molecule has 1 saturated carbocycles. The number of likely N-dealkylation sites (N-methyl/N-ethyl adjacent to an activating group) is 1. The standard InChI is InChI=1S/C25H34N8O3/c1-31(2)23(35)25(11-12-25)16-7-9-17(10-8-16)28-22-20(21(26)34)27-14-19(30-22)33-13-5-6-18(15-33)29-24(36)32(3)4/h7-10,14,18H,5-6,11-13,15H2,1-4H3,(H2,26,34)(H,28,30)(H,29,36). The molecule has 11 heteroatoms. The second-order valence-electron chi connectivity index (χ2n) is 9.90. The van der Waals surface area contributed by atoms with E-state index in [1.54, 1.807) is 33.1 Å². The van der Waals surface area contributed by atoms with Gasteiger partial charge in [0.05, 0.1) is 11.6 Å². The van der Waals surface area contributed by atoms with Gasteiger partial charge < -0.3 is 31.1 Å². The molecule has 0 radical (unpaired) electrons. The van der Waals surface area contributed by atoms with Crippen molar-refractivity contribution in [1.82, 2.24) is 25.1 Å². The Morgan fingerprint density at radius 3 is 2.36 bits per heavy atom. The zero-order valence-electron chi connectivity index (χ0n) is 21.2. The minimum Gasteiger partial charge on any atom is -0.364 e. The molecular weight excluding hydrogens is 460 g/mol. The summed E-state index contributed by atoms with van der Waals surface area (Å²) < 4.78 is 0. The molecule has 4 amide bonds. The van der Waals surface area contributed by atoms with E-state index in [0.29, 0.717) is 18.1 Å². The van der Waals surface area contributed by atoms with Crippen LogP contribution in [0.25, 0.3) is 0 Å². The minimum absolute atomic E-state index is 0.0187. The Morgan fingerprint density at radius 2 is 1.78 bits per heavy atom. The Labute approximate surface area is 211 Å². The number of hydrogen-bond acceptors (Lipinski definition) is 7. The van der Waals surface area contributed by atoms with Crippen molar-refractivity contribution in [2.75, 3.05) is 51.5 Å². The van der Waals surface area contributed by atoms with Crippen LogP contribution in [-0.2, 0) is 10.2 Å². The number of carbonyl (C=O) groups excluding carboxylic acids is 3. The second kappa shape index (κ2) is 10.00. The monoisotopic (exact) mass is 494 g/mol. The van der Waals surface area contributed by atoms with Gasteiger partial charge in [0.25, 0.3) is 5.91 Å². The van der Waals surface area contributed by atoms with E-state index in [1.807, 2.05) is 29.2 Å². The molecular formula is C25H34N8O3. The van der Waals surface area contributed by atoms with Crippen LogP contribution in [0.4, 0.5) is 22.1 Å². The summed E-state index contributed by atoms with van der Waals surface area (Å²) in [5.74, 6) is 0.282. The molecule has 1 aromatic carbocycles. The van der Waals surface area contributed by atoms with Crippen molar-refractivity contribution in [3.63, 3.8) is 0 Å². The fourth-order valence-corrected chi connectivity index (χ4v) is 4.59. The van der Waals surface area contributed by atoms with Crippen molar-refractivity contribution in [2.24, 2.45) is 5.73 Å². The normalized spacial score (nSPS) is 18.2.